The monoisotopic (exact) mass is 608 g/mol. The highest BCUT2D eigenvalue weighted by Gasteiger charge is 2.30. The molecule has 1 saturated heterocycles. The molecule has 1 aromatic carbocycles. The van der Waals surface area contributed by atoms with Crippen LogP contribution in [0, 0.1) is 6.92 Å². The topological polar surface area (TPSA) is 89.5 Å². The number of carbonyl (C=O) groups excluding carboxylic acids is 2. The smallest absolute Gasteiger partial charge is 0.419 e. The number of nitrogens with zero attached hydrogens (tertiary/aromatic N) is 3. The highest BCUT2D eigenvalue weighted by atomic mass is 79.9. The van der Waals surface area contributed by atoms with Gasteiger partial charge in [0.05, 0.1) is 11.2 Å². The molecule has 0 atom stereocenters. The summed E-state index contributed by atoms with van der Waals surface area (Å²) < 4.78 is 14.0. The van der Waals surface area contributed by atoms with Crippen molar-refractivity contribution in [3.63, 3.8) is 0 Å². The molecule has 212 valence electrons. The summed E-state index contributed by atoms with van der Waals surface area (Å²) in [5.41, 5.74) is 4.26. The Morgan fingerprint density at radius 2 is 1.65 bits per heavy atom. The highest BCUT2D eigenvalue weighted by molar-refractivity contribution is 9.10. The molecule has 0 aliphatic carbocycles. The number of fused-ring (bicyclic) bond motifs is 2. The lowest BCUT2D eigenvalue weighted by molar-refractivity contribution is 0.0204. The first-order valence-electron chi connectivity index (χ1n) is 13.7. The van der Waals surface area contributed by atoms with E-state index in [0.717, 1.165) is 56.1 Å². The number of carbonyl (C=O) groups is 2. The third-order valence-corrected chi connectivity index (χ3v) is 7.84. The minimum Gasteiger partial charge on any atom is -0.444 e. The number of halogens is 1. The van der Waals surface area contributed by atoms with E-state index in [0.29, 0.717) is 19.0 Å². The van der Waals surface area contributed by atoms with Crippen molar-refractivity contribution in [1.82, 2.24) is 19.4 Å². The van der Waals surface area contributed by atoms with Gasteiger partial charge in [0.1, 0.15) is 16.8 Å². The van der Waals surface area contributed by atoms with Gasteiger partial charge in [-0.1, -0.05) is 6.07 Å². The molecule has 8 nitrogen and oxygen atoms in total. The number of aryl methyl sites for hydroxylation is 1. The Morgan fingerprint density at radius 1 is 1.00 bits per heavy atom. The van der Waals surface area contributed by atoms with Gasteiger partial charge in [-0.3, -0.25) is 0 Å². The molecule has 1 N–H and O–H groups in total. The summed E-state index contributed by atoms with van der Waals surface area (Å²) in [6.07, 6.45) is 4.64. The number of nitrogens with one attached hydrogen (secondary N) is 1. The molecule has 1 aliphatic rings. The molecule has 1 aliphatic heterocycles. The summed E-state index contributed by atoms with van der Waals surface area (Å²) in [7, 11) is 0. The lowest BCUT2D eigenvalue weighted by Crippen LogP contribution is -2.41. The molecule has 5 rings (SSSR count). The number of aromatic amines is 1. The van der Waals surface area contributed by atoms with Gasteiger partial charge in [0, 0.05) is 46.3 Å². The van der Waals surface area contributed by atoms with Gasteiger partial charge in [0.2, 0.25) is 0 Å². The van der Waals surface area contributed by atoms with Crippen LogP contribution in [0.15, 0.2) is 41.1 Å². The van der Waals surface area contributed by atoms with Crippen LogP contribution in [0.2, 0.25) is 0 Å². The quantitative estimate of drug-likeness (QED) is 0.248. The van der Waals surface area contributed by atoms with Gasteiger partial charge >= 0.3 is 12.2 Å². The standard InChI is InChI=1S/C31H37BrN4O4/c1-18-22-16-20(19-11-14-35(15-12-19)28(37)39-30(2,3)4)8-9-24(22)36(29(38)40-31(5,6)7)26(18)21-10-13-33-27-25(21)23(32)17-34-27/h8-10,13,16-17,19H,11-12,14-15H2,1-7H3,(H,33,34). The average molecular weight is 610 g/mol. The molecule has 40 heavy (non-hydrogen) atoms. The van der Waals surface area contributed by atoms with Crippen LogP contribution in [0.1, 0.15) is 71.4 Å². The van der Waals surface area contributed by atoms with Crippen molar-refractivity contribution in [1.29, 1.82) is 0 Å². The number of hydrogen-bond donors (Lipinski definition) is 1. The van der Waals surface area contributed by atoms with E-state index in [9.17, 15) is 9.59 Å². The van der Waals surface area contributed by atoms with Crippen LogP contribution in [0.5, 0.6) is 0 Å². The van der Waals surface area contributed by atoms with E-state index in [1.165, 1.54) is 5.56 Å². The van der Waals surface area contributed by atoms with Crippen LogP contribution in [-0.2, 0) is 9.47 Å². The summed E-state index contributed by atoms with van der Waals surface area (Å²) in [4.78, 5) is 35.7. The fourth-order valence-corrected chi connectivity index (χ4v) is 5.99. The van der Waals surface area contributed by atoms with Crippen molar-refractivity contribution in [3.8, 4) is 11.3 Å². The first kappa shape index (κ1) is 28.2. The second-order valence-electron chi connectivity index (χ2n) is 12.5. The van der Waals surface area contributed by atoms with E-state index >= 15 is 0 Å². The van der Waals surface area contributed by atoms with Crippen LogP contribution >= 0.6 is 15.9 Å². The third kappa shape index (κ3) is 5.48. The molecular formula is C31H37BrN4O4. The zero-order chi connectivity index (χ0) is 29.0. The van der Waals surface area contributed by atoms with E-state index in [2.05, 4.69) is 45.0 Å². The fourth-order valence-electron chi connectivity index (χ4n) is 5.47. The number of hydrogen-bond acceptors (Lipinski definition) is 5. The van der Waals surface area contributed by atoms with Crippen LogP contribution in [0.25, 0.3) is 33.2 Å². The van der Waals surface area contributed by atoms with Crippen molar-refractivity contribution in [2.75, 3.05) is 13.1 Å². The highest BCUT2D eigenvalue weighted by Crippen LogP contribution is 2.41. The lowest BCUT2D eigenvalue weighted by Gasteiger charge is -2.33. The maximum absolute atomic E-state index is 13.7. The number of rotatable bonds is 2. The van der Waals surface area contributed by atoms with Gasteiger partial charge in [0.25, 0.3) is 0 Å². The second kappa shape index (κ2) is 10.3. The number of amides is 1. The van der Waals surface area contributed by atoms with Crippen molar-refractivity contribution in [3.05, 3.63) is 52.3 Å². The minimum absolute atomic E-state index is 0.254. The van der Waals surface area contributed by atoms with Crippen molar-refractivity contribution >= 4 is 50.1 Å². The summed E-state index contributed by atoms with van der Waals surface area (Å²) in [5, 5.41) is 1.91. The molecule has 1 amide bonds. The summed E-state index contributed by atoms with van der Waals surface area (Å²) >= 11 is 3.65. The molecule has 0 saturated carbocycles. The number of likely N-dealkylation sites (tertiary alicyclic amines) is 1. The normalized spacial score (nSPS) is 15.2. The molecule has 0 bridgehead atoms. The zero-order valence-electron chi connectivity index (χ0n) is 24.2. The molecule has 0 radical (unpaired) electrons. The number of aromatic nitrogens is 3. The third-order valence-electron chi connectivity index (χ3n) is 7.22. The summed E-state index contributed by atoms with van der Waals surface area (Å²) in [5.74, 6) is 0.308. The molecular weight excluding hydrogens is 572 g/mol. The molecule has 4 aromatic rings. The largest absolute Gasteiger partial charge is 0.444 e. The first-order valence-corrected chi connectivity index (χ1v) is 14.5. The number of ether oxygens (including phenoxy) is 2. The molecule has 0 spiro atoms. The minimum atomic E-state index is -0.650. The Morgan fingerprint density at radius 3 is 2.30 bits per heavy atom. The predicted molar refractivity (Wildman–Crippen MR) is 161 cm³/mol. The Bertz CT molecular complexity index is 1600. The molecule has 1 fully saturated rings. The number of benzene rings is 1. The van der Waals surface area contributed by atoms with Crippen LogP contribution < -0.4 is 0 Å². The van der Waals surface area contributed by atoms with E-state index in [4.69, 9.17) is 9.47 Å². The number of H-pyrrole nitrogens is 1. The van der Waals surface area contributed by atoms with Crippen molar-refractivity contribution < 1.29 is 19.1 Å². The maximum atomic E-state index is 13.7. The van der Waals surface area contributed by atoms with E-state index in [-0.39, 0.29) is 6.09 Å². The summed E-state index contributed by atoms with van der Waals surface area (Å²) in [6.45, 7) is 14.6. The second-order valence-corrected chi connectivity index (χ2v) is 13.4. The summed E-state index contributed by atoms with van der Waals surface area (Å²) in [6, 6.07) is 8.27. The Hall–Kier alpha value is -3.33. The van der Waals surface area contributed by atoms with Gasteiger partial charge in [-0.2, -0.15) is 0 Å². The van der Waals surface area contributed by atoms with Gasteiger partial charge in [0.15, 0.2) is 0 Å². The molecule has 9 heteroatoms. The maximum Gasteiger partial charge on any atom is 0.419 e. The van der Waals surface area contributed by atoms with Crippen LogP contribution in [-0.4, -0.2) is 55.9 Å². The Balaban J connectivity index is 1.56. The van der Waals surface area contributed by atoms with Crippen LogP contribution in [0.4, 0.5) is 9.59 Å². The predicted octanol–water partition coefficient (Wildman–Crippen LogP) is 8.15. The van der Waals surface area contributed by atoms with Gasteiger partial charge in [-0.05, 0) is 112 Å². The number of piperidine rings is 1. The van der Waals surface area contributed by atoms with Gasteiger partial charge < -0.3 is 19.4 Å². The van der Waals surface area contributed by atoms with Crippen molar-refractivity contribution in [2.45, 2.75) is 78.4 Å². The fraction of sp³-hybridized carbons (Fsp3) is 0.452. The van der Waals surface area contributed by atoms with E-state index < -0.39 is 17.3 Å². The van der Waals surface area contributed by atoms with Gasteiger partial charge in [-0.15, -0.1) is 0 Å². The first-order chi connectivity index (χ1) is 18.7. The Kier molecular flexibility index (Phi) is 7.23. The molecule has 3 aromatic heterocycles. The SMILES string of the molecule is Cc1c(-c2ccnc3[nH]cc(Br)c23)n(C(=O)OC(C)(C)C)c2ccc(C3CCN(C(=O)OC(C)(C)C)CC3)cc12. The van der Waals surface area contributed by atoms with Gasteiger partial charge in [-0.25, -0.2) is 19.1 Å². The lowest BCUT2D eigenvalue weighted by atomic mass is 9.88. The van der Waals surface area contributed by atoms with Crippen molar-refractivity contribution in [2.24, 2.45) is 0 Å². The average Bonchev–Trinajstić information content (AvgIpc) is 3.39. The van der Waals surface area contributed by atoms with E-state index in [1.54, 1.807) is 15.7 Å². The Labute approximate surface area is 243 Å². The van der Waals surface area contributed by atoms with Crippen LogP contribution in [0.3, 0.4) is 0 Å². The molecule has 0 unspecified atom stereocenters. The van der Waals surface area contributed by atoms with E-state index in [1.807, 2.05) is 59.9 Å². The molecule has 4 heterocycles. The zero-order valence-corrected chi connectivity index (χ0v) is 25.8. The number of pyridine rings is 1.